The number of carbonyl (C=O) groups is 1. The maximum atomic E-state index is 12.4. The number of hydrogen-bond acceptors (Lipinski definition) is 6. The number of β-amino-alcohol motifs (C(OH)–C–C–N with tert-alkyl or cyclic N) is 1. The number of aryl methyl sites for hydroxylation is 1. The molecule has 0 radical (unpaired) electrons. The molecule has 1 aromatic carbocycles. The number of benzene rings is 1. The predicted octanol–water partition coefficient (Wildman–Crippen LogP) is 1.27. The number of aromatic nitrogens is 1. The van der Waals surface area contributed by atoms with Crippen LogP contribution in [-0.4, -0.2) is 59.6 Å². The monoisotopic (exact) mass is 332 g/mol. The van der Waals surface area contributed by atoms with Crippen LogP contribution in [0.3, 0.4) is 0 Å². The highest BCUT2D eigenvalue weighted by Gasteiger charge is 2.36. The number of nitrogens with zero attached hydrogens (tertiary/aromatic N) is 2. The molecule has 2 heterocycles. The molecule has 0 spiro atoms. The number of ether oxygens (including phenoxy) is 2. The van der Waals surface area contributed by atoms with Gasteiger partial charge in [0.05, 0.1) is 19.8 Å². The Morgan fingerprint density at radius 3 is 2.88 bits per heavy atom. The van der Waals surface area contributed by atoms with Crippen LogP contribution in [0.5, 0.6) is 5.75 Å². The van der Waals surface area contributed by atoms with E-state index in [1.54, 1.807) is 0 Å². The molecule has 24 heavy (non-hydrogen) atoms. The fraction of sp³-hybridized carbons (Fsp3) is 0.412. The van der Waals surface area contributed by atoms with Crippen LogP contribution in [0.2, 0.25) is 0 Å². The van der Waals surface area contributed by atoms with Crippen molar-refractivity contribution in [1.29, 1.82) is 0 Å². The summed E-state index contributed by atoms with van der Waals surface area (Å²) in [6.45, 7) is 2.93. The van der Waals surface area contributed by atoms with Gasteiger partial charge in [0, 0.05) is 12.6 Å². The molecular formula is C17H20N2O5. The number of rotatable bonds is 4. The van der Waals surface area contributed by atoms with Crippen molar-refractivity contribution in [2.75, 3.05) is 32.9 Å². The normalized spacial score (nSPS) is 21.3. The quantitative estimate of drug-likeness (QED) is 0.907. The SMILES string of the molecule is Cc1ccc(OC[C@]2(O)COCCN(C(=O)c3ccon3)C2)cc1. The zero-order valence-corrected chi connectivity index (χ0v) is 13.5. The van der Waals surface area contributed by atoms with E-state index in [-0.39, 0.29) is 31.4 Å². The molecule has 1 atom stereocenters. The van der Waals surface area contributed by atoms with Crippen LogP contribution in [0.4, 0.5) is 0 Å². The minimum Gasteiger partial charge on any atom is -0.490 e. The number of carbonyl (C=O) groups excluding carboxylic acids is 1. The van der Waals surface area contributed by atoms with Gasteiger partial charge in [-0.2, -0.15) is 0 Å². The first kappa shape index (κ1) is 16.5. The van der Waals surface area contributed by atoms with Crippen LogP contribution in [-0.2, 0) is 4.74 Å². The van der Waals surface area contributed by atoms with Crippen LogP contribution < -0.4 is 4.74 Å². The van der Waals surface area contributed by atoms with Gasteiger partial charge in [-0.05, 0) is 19.1 Å². The lowest BCUT2D eigenvalue weighted by Gasteiger charge is -2.30. The fourth-order valence-electron chi connectivity index (χ4n) is 2.51. The van der Waals surface area contributed by atoms with E-state index >= 15 is 0 Å². The highest BCUT2D eigenvalue weighted by atomic mass is 16.5. The second kappa shape index (κ2) is 7.02. The standard InChI is InChI=1S/C17H20N2O5/c1-13-2-4-14(5-3-13)23-12-17(21)10-19(7-9-22-11-17)16(20)15-6-8-24-18-15/h2-6,8,21H,7,9-12H2,1H3/t17-/m1/s1. The van der Waals surface area contributed by atoms with Crippen LogP contribution in [0.1, 0.15) is 16.1 Å². The van der Waals surface area contributed by atoms with Gasteiger partial charge < -0.3 is 24.0 Å². The third-order valence-electron chi connectivity index (χ3n) is 3.83. The molecular weight excluding hydrogens is 312 g/mol. The maximum absolute atomic E-state index is 12.4. The number of amides is 1. The van der Waals surface area contributed by atoms with E-state index in [1.807, 2.05) is 31.2 Å². The lowest BCUT2D eigenvalue weighted by Crippen LogP contribution is -2.50. The first-order valence-electron chi connectivity index (χ1n) is 7.75. The molecule has 1 N–H and O–H groups in total. The summed E-state index contributed by atoms with van der Waals surface area (Å²) in [5.74, 6) is 0.357. The van der Waals surface area contributed by atoms with Crippen molar-refractivity contribution in [2.24, 2.45) is 0 Å². The summed E-state index contributed by atoms with van der Waals surface area (Å²) in [4.78, 5) is 13.9. The molecule has 0 unspecified atom stereocenters. The van der Waals surface area contributed by atoms with Crippen molar-refractivity contribution in [3.05, 3.63) is 47.9 Å². The van der Waals surface area contributed by atoms with Gasteiger partial charge in [0.2, 0.25) is 0 Å². The summed E-state index contributed by atoms with van der Waals surface area (Å²) in [6.07, 6.45) is 1.34. The Bertz CT molecular complexity index is 671. The van der Waals surface area contributed by atoms with Gasteiger partial charge in [-0.15, -0.1) is 0 Å². The Morgan fingerprint density at radius 2 is 2.17 bits per heavy atom. The Balaban J connectivity index is 1.66. The smallest absolute Gasteiger partial charge is 0.276 e. The van der Waals surface area contributed by atoms with Crippen molar-refractivity contribution in [2.45, 2.75) is 12.5 Å². The highest BCUT2D eigenvalue weighted by molar-refractivity contribution is 5.92. The first-order chi connectivity index (χ1) is 11.6. The molecule has 2 aromatic rings. The van der Waals surface area contributed by atoms with Crippen molar-refractivity contribution in [3.8, 4) is 5.75 Å². The van der Waals surface area contributed by atoms with E-state index in [0.717, 1.165) is 5.56 Å². The van der Waals surface area contributed by atoms with Crippen molar-refractivity contribution < 1.29 is 23.9 Å². The van der Waals surface area contributed by atoms with E-state index in [9.17, 15) is 9.90 Å². The molecule has 1 aliphatic rings. The third-order valence-corrected chi connectivity index (χ3v) is 3.83. The molecule has 0 aliphatic carbocycles. The fourth-order valence-corrected chi connectivity index (χ4v) is 2.51. The van der Waals surface area contributed by atoms with E-state index in [4.69, 9.17) is 14.0 Å². The molecule has 128 valence electrons. The summed E-state index contributed by atoms with van der Waals surface area (Å²) in [5, 5.41) is 14.4. The average molecular weight is 332 g/mol. The Labute approximate surface area is 139 Å². The second-order valence-corrected chi connectivity index (χ2v) is 5.99. The Kier molecular flexibility index (Phi) is 4.82. The van der Waals surface area contributed by atoms with Crippen molar-refractivity contribution in [1.82, 2.24) is 10.1 Å². The van der Waals surface area contributed by atoms with Crippen molar-refractivity contribution in [3.63, 3.8) is 0 Å². The first-order valence-corrected chi connectivity index (χ1v) is 7.75. The molecule has 1 amide bonds. The van der Waals surface area contributed by atoms with Gasteiger partial charge >= 0.3 is 0 Å². The summed E-state index contributed by atoms with van der Waals surface area (Å²) >= 11 is 0. The molecule has 3 rings (SSSR count). The highest BCUT2D eigenvalue weighted by Crippen LogP contribution is 2.18. The van der Waals surface area contributed by atoms with E-state index in [0.29, 0.717) is 18.9 Å². The van der Waals surface area contributed by atoms with E-state index < -0.39 is 5.60 Å². The van der Waals surface area contributed by atoms with Gasteiger partial charge in [0.1, 0.15) is 24.2 Å². The van der Waals surface area contributed by atoms with Gasteiger partial charge in [-0.3, -0.25) is 4.79 Å². The molecule has 7 nitrogen and oxygen atoms in total. The molecule has 7 heteroatoms. The summed E-state index contributed by atoms with van der Waals surface area (Å²) in [5.41, 5.74) is 0.0442. The molecule has 0 saturated carbocycles. The predicted molar refractivity (Wildman–Crippen MR) is 84.8 cm³/mol. The molecule has 1 saturated heterocycles. The number of hydrogen-bond donors (Lipinski definition) is 1. The van der Waals surface area contributed by atoms with Gasteiger partial charge in [-0.1, -0.05) is 22.9 Å². The summed E-state index contributed by atoms with van der Waals surface area (Å²) < 4.78 is 15.8. The average Bonchev–Trinajstić information content (AvgIpc) is 3.04. The maximum Gasteiger partial charge on any atom is 0.276 e. The lowest BCUT2D eigenvalue weighted by molar-refractivity contribution is -0.0621. The largest absolute Gasteiger partial charge is 0.490 e. The summed E-state index contributed by atoms with van der Waals surface area (Å²) in [6, 6.07) is 9.05. The zero-order valence-electron chi connectivity index (χ0n) is 13.5. The van der Waals surface area contributed by atoms with E-state index in [2.05, 4.69) is 5.16 Å². The van der Waals surface area contributed by atoms with Crippen LogP contribution in [0, 0.1) is 6.92 Å². The minimum absolute atomic E-state index is 0.0264. The summed E-state index contributed by atoms with van der Waals surface area (Å²) in [7, 11) is 0. The number of aliphatic hydroxyl groups is 1. The van der Waals surface area contributed by atoms with Gasteiger partial charge in [-0.25, -0.2) is 0 Å². The zero-order chi connectivity index (χ0) is 17.0. The lowest BCUT2D eigenvalue weighted by atomic mass is 10.1. The van der Waals surface area contributed by atoms with Gasteiger partial charge in [0.15, 0.2) is 5.69 Å². The minimum atomic E-state index is -1.29. The molecule has 1 aromatic heterocycles. The molecule has 1 fully saturated rings. The second-order valence-electron chi connectivity index (χ2n) is 5.99. The molecule has 0 bridgehead atoms. The Hall–Kier alpha value is -2.38. The van der Waals surface area contributed by atoms with E-state index in [1.165, 1.54) is 17.2 Å². The Morgan fingerprint density at radius 1 is 1.38 bits per heavy atom. The molecule has 1 aliphatic heterocycles. The van der Waals surface area contributed by atoms with Crippen LogP contribution in [0.25, 0.3) is 0 Å². The topological polar surface area (TPSA) is 85.0 Å². The van der Waals surface area contributed by atoms with Gasteiger partial charge in [0.25, 0.3) is 5.91 Å². The van der Waals surface area contributed by atoms with Crippen LogP contribution in [0.15, 0.2) is 41.1 Å². The van der Waals surface area contributed by atoms with Crippen molar-refractivity contribution >= 4 is 5.91 Å². The third kappa shape index (κ3) is 3.93. The van der Waals surface area contributed by atoms with Crippen LogP contribution >= 0.6 is 0 Å².